The van der Waals surface area contributed by atoms with Gasteiger partial charge in [-0.05, 0) is 76.0 Å². The highest BCUT2D eigenvalue weighted by Crippen LogP contribution is 2.52. The van der Waals surface area contributed by atoms with Gasteiger partial charge in [0.15, 0.2) is 0 Å². The minimum atomic E-state index is -0.643. The second-order valence-electron chi connectivity index (χ2n) is 12.3. The maximum atomic E-state index is 13.7. The van der Waals surface area contributed by atoms with E-state index in [1.807, 2.05) is 70.1 Å². The summed E-state index contributed by atoms with van der Waals surface area (Å²) in [5.74, 6) is -0.0631. The van der Waals surface area contributed by atoms with Crippen LogP contribution in [-0.4, -0.2) is 66.5 Å². The van der Waals surface area contributed by atoms with Crippen LogP contribution in [0.3, 0.4) is 0 Å². The fraction of sp³-hybridized carbons (Fsp3) is 0.531. The molecule has 2 aromatic rings. The number of carbonyl (C=O) groups excluding carboxylic acids is 3. The van der Waals surface area contributed by atoms with Crippen LogP contribution in [0.2, 0.25) is 0 Å². The fourth-order valence-electron chi connectivity index (χ4n) is 6.14. The molecule has 7 nitrogen and oxygen atoms in total. The van der Waals surface area contributed by atoms with E-state index >= 15 is 0 Å². The summed E-state index contributed by atoms with van der Waals surface area (Å²) in [7, 11) is 3.62. The fourth-order valence-corrected chi connectivity index (χ4v) is 6.14. The first kappa shape index (κ1) is 28.7. The van der Waals surface area contributed by atoms with Crippen molar-refractivity contribution < 1.29 is 19.1 Å². The Morgan fingerprint density at radius 3 is 2.31 bits per heavy atom. The van der Waals surface area contributed by atoms with Gasteiger partial charge >= 0.3 is 6.09 Å². The van der Waals surface area contributed by atoms with E-state index < -0.39 is 17.7 Å². The minimum absolute atomic E-state index is 0.0593. The molecule has 4 rings (SSSR count). The van der Waals surface area contributed by atoms with Gasteiger partial charge in [-0.3, -0.25) is 9.59 Å². The van der Waals surface area contributed by atoms with E-state index in [4.69, 9.17) is 4.74 Å². The van der Waals surface area contributed by atoms with Gasteiger partial charge in [-0.2, -0.15) is 0 Å². The van der Waals surface area contributed by atoms with Crippen LogP contribution in [0.4, 0.5) is 4.79 Å². The number of fused-ring (bicyclic) bond motifs is 2. The Morgan fingerprint density at radius 1 is 1.03 bits per heavy atom. The largest absolute Gasteiger partial charge is 0.444 e. The number of hydrogen-bond donors (Lipinski definition) is 1. The molecule has 1 unspecified atom stereocenters. The summed E-state index contributed by atoms with van der Waals surface area (Å²) in [6, 6.07) is 17.8. The highest BCUT2D eigenvalue weighted by atomic mass is 16.6. The van der Waals surface area contributed by atoms with Gasteiger partial charge in [-0.15, -0.1) is 0 Å². The third-order valence-corrected chi connectivity index (χ3v) is 8.06. The second-order valence-corrected chi connectivity index (χ2v) is 12.3. The highest BCUT2D eigenvalue weighted by molar-refractivity contribution is 5.87. The van der Waals surface area contributed by atoms with Crippen LogP contribution in [0.1, 0.15) is 75.5 Å². The smallest absolute Gasteiger partial charge is 0.408 e. The minimum Gasteiger partial charge on any atom is -0.444 e. The Balaban J connectivity index is 1.44. The van der Waals surface area contributed by atoms with Crippen LogP contribution in [-0.2, 0) is 26.2 Å². The number of aryl methyl sites for hydroxylation is 1. The summed E-state index contributed by atoms with van der Waals surface area (Å²) in [6.45, 7) is 6.65. The second kappa shape index (κ2) is 11.8. The van der Waals surface area contributed by atoms with Gasteiger partial charge in [0.2, 0.25) is 11.8 Å². The van der Waals surface area contributed by atoms with Crippen molar-refractivity contribution in [2.45, 2.75) is 82.3 Å². The number of hydrogen-bond acceptors (Lipinski definition) is 4. The Bertz CT molecular complexity index is 1160. The molecule has 1 saturated heterocycles. The van der Waals surface area contributed by atoms with Crippen LogP contribution >= 0.6 is 0 Å². The van der Waals surface area contributed by atoms with Crippen molar-refractivity contribution in [1.82, 2.24) is 15.1 Å². The number of benzene rings is 2. The number of nitrogens with one attached hydrogen (secondary N) is 1. The van der Waals surface area contributed by atoms with E-state index in [1.54, 1.807) is 4.90 Å². The van der Waals surface area contributed by atoms with Crippen molar-refractivity contribution in [3.8, 4) is 0 Å². The van der Waals surface area contributed by atoms with Crippen LogP contribution in [0.25, 0.3) is 0 Å². The SMILES string of the molecule is CN(C)C(=O)[C@@H]1CC2(CCN(C(=O)C(CCCc3ccccc3)NC(=O)OC(C)(C)C)CC2)c2ccccc21. The molecule has 0 bridgehead atoms. The molecule has 0 aromatic heterocycles. The molecule has 0 saturated carbocycles. The van der Waals surface area contributed by atoms with Crippen molar-refractivity contribution in [2.24, 2.45) is 0 Å². The molecule has 1 spiro atoms. The molecule has 210 valence electrons. The molecular formula is C32H43N3O4. The third kappa shape index (κ3) is 6.81. The zero-order valence-corrected chi connectivity index (χ0v) is 24.0. The van der Waals surface area contributed by atoms with Gasteiger partial charge in [-0.25, -0.2) is 4.79 Å². The Labute approximate surface area is 232 Å². The number of likely N-dealkylation sites (N-methyl/N-ethyl adjacent to an activating group) is 1. The van der Waals surface area contributed by atoms with E-state index in [0.29, 0.717) is 19.5 Å². The molecule has 0 radical (unpaired) electrons. The molecule has 1 heterocycles. The molecule has 2 aromatic carbocycles. The lowest BCUT2D eigenvalue weighted by Gasteiger charge is -2.41. The summed E-state index contributed by atoms with van der Waals surface area (Å²) >= 11 is 0. The summed E-state index contributed by atoms with van der Waals surface area (Å²) in [6.07, 6.45) is 3.96. The quantitative estimate of drug-likeness (QED) is 0.541. The zero-order chi connectivity index (χ0) is 28.2. The first-order valence-corrected chi connectivity index (χ1v) is 14.1. The van der Waals surface area contributed by atoms with Crippen LogP contribution in [0.5, 0.6) is 0 Å². The monoisotopic (exact) mass is 533 g/mol. The lowest BCUT2D eigenvalue weighted by atomic mass is 9.73. The van der Waals surface area contributed by atoms with Gasteiger partial charge in [0.25, 0.3) is 0 Å². The van der Waals surface area contributed by atoms with Crippen LogP contribution < -0.4 is 5.32 Å². The van der Waals surface area contributed by atoms with E-state index in [1.165, 1.54) is 11.1 Å². The normalized spacial score (nSPS) is 18.8. The van der Waals surface area contributed by atoms with Crippen molar-refractivity contribution in [3.05, 3.63) is 71.3 Å². The molecule has 1 aliphatic heterocycles. The maximum absolute atomic E-state index is 13.7. The summed E-state index contributed by atoms with van der Waals surface area (Å²) in [4.78, 5) is 43.0. The molecule has 1 aliphatic carbocycles. The van der Waals surface area contributed by atoms with E-state index in [-0.39, 0.29) is 23.1 Å². The van der Waals surface area contributed by atoms with Crippen molar-refractivity contribution in [1.29, 1.82) is 0 Å². The molecule has 1 N–H and O–H groups in total. The Morgan fingerprint density at radius 2 is 1.67 bits per heavy atom. The molecule has 39 heavy (non-hydrogen) atoms. The van der Waals surface area contributed by atoms with Crippen molar-refractivity contribution >= 4 is 17.9 Å². The lowest BCUT2D eigenvalue weighted by Crippen LogP contribution is -2.53. The molecule has 2 atom stereocenters. The van der Waals surface area contributed by atoms with Crippen molar-refractivity contribution in [3.63, 3.8) is 0 Å². The molecular weight excluding hydrogens is 490 g/mol. The predicted octanol–water partition coefficient (Wildman–Crippen LogP) is 5.04. The van der Waals surface area contributed by atoms with Gasteiger partial charge in [-0.1, -0.05) is 54.6 Å². The number of carbonyl (C=O) groups is 3. The number of ether oxygens (including phenoxy) is 1. The zero-order valence-electron chi connectivity index (χ0n) is 24.0. The van der Waals surface area contributed by atoms with E-state index in [2.05, 4.69) is 29.6 Å². The number of amides is 3. The highest BCUT2D eigenvalue weighted by Gasteiger charge is 2.48. The Kier molecular flexibility index (Phi) is 8.67. The number of alkyl carbamates (subject to hydrolysis) is 1. The first-order valence-electron chi connectivity index (χ1n) is 14.1. The van der Waals surface area contributed by atoms with Gasteiger partial charge in [0, 0.05) is 32.6 Å². The number of nitrogens with zero attached hydrogens (tertiary/aromatic N) is 2. The van der Waals surface area contributed by atoms with E-state index in [9.17, 15) is 14.4 Å². The average molecular weight is 534 g/mol. The number of likely N-dealkylation sites (tertiary alicyclic amines) is 1. The average Bonchev–Trinajstić information content (AvgIpc) is 3.21. The predicted molar refractivity (Wildman–Crippen MR) is 153 cm³/mol. The topological polar surface area (TPSA) is 79.0 Å². The molecule has 7 heteroatoms. The van der Waals surface area contributed by atoms with Gasteiger partial charge in [0.05, 0.1) is 5.92 Å². The summed E-state index contributed by atoms with van der Waals surface area (Å²) < 4.78 is 5.48. The Hall–Kier alpha value is -3.35. The summed E-state index contributed by atoms with van der Waals surface area (Å²) in [5, 5.41) is 2.87. The molecule has 2 aliphatic rings. The molecule has 1 fully saturated rings. The summed E-state index contributed by atoms with van der Waals surface area (Å²) in [5.41, 5.74) is 2.84. The van der Waals surface area contributed by atoms with E-state index in [0.717, 1.165) is 37.7 Å². The van der Waals surface area contributed by atoms with Gasteiger partial charge in [0.1, 0.15) is 11.6 Å². The lowest BCUT2D eigenvalue weighted by molar-refractivity contribution is -0.136. The van der Waals surface area contributed by atoms with Crippen LogP contribution in [0, 0.1) is 0 Å². The standard InChI is InChI=1S/C32H43N3O4/c1-31(2,3)39-30(38)33-27(17-11-14-23-12-7-6-8-13-23)29(37)35-20-18-32(19-21-35)22-25(28(36)34(4)5)24-15-9-10-16-26(24)32/h6-10,12-13,15-16,25,27H,11,14,17-22H2,1-5H3,(H,33,38)/t25-,27?/m1/s1. The van der Waals surface area contributed by atoms with Crippen LogP contribution in [0.15, 0.2) is 54.6 Å². The molecule has 3 amide bonds. The van der Waals surface area contributed by atoms with Crippen molar-refractivity contribution in [2.75, 3.05) is 27.2 Å². The maximum Gasteiger partial charge on any atom is 0.408 e. The number of piperidine rings is 1. The third-order valence-electron chi connectivity index (χ3n) is 8.06. The number of rotatable bonds is 7. The first-order chi connectivity index (χ1) is 18.5. The van der Waals surface area contributed by atoms with Gasteiger partial charge < -0.3 is 19.9 Å².